The van der Waals surface area contributed by atoms with E-state index in [2.05, 4.69) is 36.4 Å². The minimum absolute atomic E-state index is 0.558. The minimum Gasteiger partial charge on any atom is -0.370 e. The normalized spacial score (nSPS) is 18.6. The molecule has 2 heterocycles. The van der Waals surface area contributed by atoms with Gasteiger partial charge in [-0.3, -0.25) is 0 Å². The summed E-state index contributed by atoms with van der Waals surface area (Å²) in [6.07, 6.45) is 3.24. The Bertz CT molecular complexity index is 416. The van der Waals surface area contributed by atoms with Crippen molar-refractivity contribution in [3.05, 3.63) is 11.4 Å². The van der Waals surface area contributed by atoms with Gasteiger partial charge in [-0.15, -0.1) is 0 Å². The molecule has 0 bridgehead atoms. The molecule has 0 aliphatic carbocycles. The molecule has 1 fully saturated rings. The van der Waals surface area contributed by atoms with E-state index < -0.39 is 0 Å². The molecule has 0 aromatic carbocycles. The molecule has 1 aliphatic rings. The molecule has 2 rings (SSSR count). The van der Waals surface area contributed by atoms with Gasteiger partial charge in [0.1, 0.15) is 17.5 Å². The zero-order valence-corrected chi connectivity index (χ0v) is 12.9. The summed E-state index contributed by atoms with van der Waals surface area (Å²) in [5.41, 5.74) is 1.14. The second kappa shape index (κ2) is 6.98. The highest BCUT2D eigenvalue weighted by Gasteiger charge is 2.18. The van der Waals surface area contributed by atoms with Gasteiger partial charge in [-0.25, -0.2) is 9.97 Å². The standard InChI is InChI=1S/C14H24N4S/c1-4-6-12-17-13(15-5-2)10(3)14(18-12)16-11-7-8-19-9-11/h11H,4-9H2,1-3H3,(H2,15,16,17,18). The predicted octanol–water partition coefficient (Wildman–Crippen LogP) is 3.09. The summed E-state index contributed by atoms with van der Waals surface area (Å²) >= 11 is 2.01. The Morgan fingerprint density at radius 2 is 2.05 bits per heavy atom. The summed E-state index contributed by atoms with van der Waals surface area (Å²) in [6, 6.07) is 0.558. The second-order valence-electron chi connectivity index (χ2n) is 4.95. The van der Waals surface area contributed by atoms with Crippen LogP contribution in [0.2, 0.25) is 0 Å². The lowest BCUT2D eigenvalue weighted by Crippen LogP contribution is -2.21. The van der Waals surface area contributed by atoms with Crippen LogP contribution in [0.15, 0.2) is 0 Å². The topological polar surface area (TPSA) is 49.8 Å². The molecule has 106 valence electrons. The number of aromatic nitrogens is 2. The van der Waals surface area contributed by atoms with E-state index in [1.165, 1.54) is 17.9 Å². The molecular weight excluding hydrogens is 256 g/mol. The first-order valence-corrected chi connectivity index (χ1v) is 8.35. The fraction of sp³-hybridized carbons (Fsp3) is 0.714. The maximum atomic E-state index is 4.70. The lowest BCUT2D eigenvalue weighted by molar-refractivity contribution is 0.787. The number of anilines is 2. The van der Waals surface area contributed by atoms with Crippen LogP contribution in [0.5, 0.6) is 0 Å². The molecule has 4 nitrogen and oxygen atoms in total. The molecule has 1 atom stereocenters. The molecule has 1 saturated heterocycles. The summed E-state index contributed by atoms with van der Waals surface area (Å²) in [6.45, 7) is 7.25. The van der Waals surface area contributed by atoms with Crippen LogP contribution in [0.4, 0.5) is 11.6 Å². The maximum Gasteiger partial charge on any atom is 0.135 e. The van der Waals surface area contributed by atoms with E-state index >= 15 is 0 Å². The first-order chi connectivity index (χ1) is 9.24. The van der Waals surface area contributed by atoms with Crippen molar-refractivity contribution in [3.8, 4) is 0 Å². The summed E-state index contributed by atoms with van der Waals surface area (Å²) in [7, 11) is 0. The number of nitrogens with zero attached hydrogens (tertiary/aromatic N) is 2. The van der Waals surface area contributed by atoms with Gasteiger partial charge in [0.15, 0.2) is 0 Å². The molecule has 0 saturated carbocycles. The average molecular weight is 280 g/mol. The van der Waals surface area contributed by atoms with Crippen LogP contribution >= 0.6 is 11.8 Å². The van der Waals surface area contributed by atoms with Gasteiger partial charge in [0.25, 0.3) is 0 Å². The van der Waals surface area contributed by atoms with E-state index in [4.69, 9.17) is 4.98 Å². The fourth-order valence-corrected chi connectivity index (χ4v) is 3.37. The maximum absolute atomic E-state index is 4.70. The van der Waals surface area contributed by atoms with Gasteiger partial charge in [0.2, 0.25) is 0 Å². The molecule has 0 spiro atoms. The van der Waals surface area contributed by atoms with Gasteiger partial charge in [0.05, 0.1) is 0 Å². The third-order valence-electron chi connectivity index (χ3n) is 3.28. The zero-order chi connectivity index (χ0) is 13.7. The van der Waals surface area contributed by atoms with Crippen molar-refractivity contribution in [1.82, 2.24) is 9.97 Å². The lowest BCUT2D eigenvalue weighted by Gasteiger charge is -2.17. The van der Waals surface area contributed by atoms with Crippen molar-refractivity contribution >= 4 is 23.4 Å². The molecule has 0 amide bonds. The summed E-state index contributed by atoms with van der Waals surface area (Å²) in [5.74, 6) is 5.38. The average Bonchev–Trinajstić information content (AvgIpc) is 2.88. The Morgan fingerprint density at radius 1 is 1.26 bits per heavy atom. The summed E-state index contributed by atoms with van der Waals surface area (Å²) < 4.78 is 0. The van der Waals surface area contributed by atoms with Crippen LogP contribution < -0.4 is 10.6 Å². The second-order valence-corrected chi connectivity index (χ2v) is 6.10. The Balaban J connectivity index is 2.22. The lowest BCUT2D eigenvalue weighted by atomic mass is 10.2. The van der Waals surface area contributed by atoms with Crippen molar-refractivity contribution in [2.45, 2.75) is 46.1 Å². The van der Waals surface area contributed by atoms with Crippen LogP contribution in [-0.2, 0) is 6.42 Å². The Labute approximate surface area is 120 Å². The van der Waals surface area contributed by atoms with E-state index in [-0.39, 0.29) is 0 Å². The van der Waals surface area contributed by atoms with Gasteiger partial charge in [-0.05, 0) is 32.4 Å². The van der Waals surface area contributed by atoms with Crippen LogP contribution in [-0.4, -0.2) is 34.1 Å². The highest BCUT2D eigenvalue weighted by Crippen LogP contribution is 2.25. The molecule has 0 radical (unpaired) electrons. The monoisotopic (exact) mass is 280 g/mol. The number of aryl methyl sites for hydroxylation is 1. The van der Waals surface area contributed by atoms with Crippen molar-refractivity contribution < 1.29 is 0 Å². The van der Waals surface area contributed by atoms with Crippen molar-refractivity contribution in [3.63, 3.8) is 0 Å². The summed E-state index contributed by atoms with van der Waals surface area (Å²) in [5, 5.41) is 6.94. The molecule has 1 aromatic rings. The van der Waals surface area contributed by atoms with Crippen molar-refractivity contribution in [2.24, 2.45) is 0 Å². The van der Waals surface area contributed by atoms with E-state index in [1.807, 2.05) is 11.8 Å². The van der Waals surface area contributed by atoms with Crippen LogP contribution in [0.3, 0.4) is 0 Å². The number of hydrogen-bond acceptors (Lipinski definition) is 5. The van der Waals surface area contributed by atoms with E-state index in [0.717, 1.165) is 42.4 Å². The molecular formula is C14H24N4S. The molecule has 1 unspecified atom stereocenters. The van der Waals surface area contributed by atoms with Crippen LogP contribution in [0.25, 0.3) is 0 Å². The van der Waals surface area contributed by atoms with Crippen LogP contribution in [0, 0.1) is 6.92 Å². The molecule has 1 aliphatic heterocycles. The van der Waals surface area contributed by atoms with E-state index in [9.17, 15) is 0 Å². The number of hydrogen-bond donors (Lipinski definition) is 2. The third-order valence-corrected chi connectivity index (χ3v) is 4.44. The number of thioether (sulfide) groups is 1. The molecule has 1 aromatic heterocycles. The Kier molecular flexibility index (Phi) is 5.31. The highest BCUT2D eigenvalue weighted by molar-refractivity contribution is 7.99. The predicted molar refractivity (Wildman–Crippen MR) is 84.3 cm³/mol. The Morgan fingerprint density at radius 3 is 2.68 bits per heavy atom. The Hall–Kier alpha value is -0.970. The van der Waals surface area contributed by atoms with E-state index in [0.29, 0.717) is 6.04 Å². The van der Waals surface area contributed by atoms with Crippen LogP contribution in [0.1, 0.15) is 38.1 Å². The minimum atomic E-state index is 0.558. The third kappa shape index (κ3) is 3.75. The number of nitrogens with one attached hydrogen (secondary N) is 2. The highest BCUT2D eigenvalue weighted by atomic mass is 32.2. The molecule has 5 heteroatoms. The molecule has 2 N–H and O–H groups in total. The summed E-state index contributed by atoms with van der Waals surface area (Å²) in [4.78, 5) is 9.32. The van der Waals surface area contributed by atoms with E-state index in [1.54, 1.807) is 0 Å². The van der Waals surface area contributed by atoms with Crippen molar-refractivity contribution in [1.29, 1.82) is 0 Å². The van der Waals surface area contributed by atoms with Crippen molar-refractivity contribution in [2.75, 3.05) is 28.7 Å². The molecule has 19 heavy (non-hydrogen) atoms. The number of rotatable bonds is 6. The smallest absolute Gasteiger partial charge is 0.135 e. The first kappa shape index (κ1) is 14.4. The quantitative estimate of drug-likeness (QED) is 0.838. The first-order valence-electron chi connectivity index (χ1n) is 7.20. The SMILES string of the molecule is CCCc1nc(NCC)c(C)c(NC2CCSC2)n1. The zero-order valence-electron chi connectivity index (χ0n) is 12.1. The van der Waals surface area contributed by atoms with Gasteiger partial charge >= 0.3 is 0 Å². The fourth-order valence-electron chi connectivity index (χ4n) is 2.22. The van der Waals surface area contributed by atoms with Gasteiger partial charge in [-0.1, -0.05) is 6.92 Å². The largest absolute Gasteiger partial charge is 0.370 e. The van der Waals surface area contributed by atoms with Gasteiger partial charge in [-0.2, -0.15) is 11.8 Å². The van der Waals surface area contributed by atoms with Gasteiger partial charge in [0, 0.05) is 30.3 Å². The van der Waals surface area contributed by atoms with Gasteiger partial charge < -0.3 is 10.6 Å².